The van der Waals surface area contributed by atoms with Crippen LogP contribution in [0.5, 0.6) is 5.75 Å². The van der Waals surface area contributed by atoms with Crippen LogP contribution >= 0.6 is 0 Å². The summed E-state index contributed by atoms with van der Waals surface area (Å²) in [4.78, 5) is 40.1. The molecule has 0 saturated carbocycles. The van der Waals surface area contributed by atoms with Crippen molar-refractivity contribution in [1.82, 2.24) is 15.0 Å². The number of hydrogen-bond donors (Lipinski definition) is 4. The van der Waals surface area contributed by atoms with Crippen molar-refractivity contribution < 1.29 is 232 Å². The zero-order valence-corrected chi connectivity index (χ0v) is 56.0. The number of rotatable bonds is 14. The number of methoxy groups -OCH3 is 1. The number of fused-ring (bicyclic) bond motifs is 2. The summed E-state index contributed by atoms with van der Waals surface area (Å²) < 4.78 is 195. The monoisotopic (exact) mass is 1230 g/mol. The number of anilines is 5. The van der Waals surface area contributed by atoms with Crippen LogP contribution in [-0.4, -0.2) is 136 Å². The van der Waals surface area contributed by atoms with Crippen LogP contribution in [0.4, 0.5) is 34.6 Å². The number of morpholine rings is 1. The van der Waals surface area contributed by atoms with Crippen LogP contribution in [0, 0.1) is 0 Å². The Morgan fingerprint density at radius 1 is 0.633 bits per heavy atom. The molecule has 388 valence electrons. The molecule has 39 heteroatoms. The predicted octanol–water partition coefficient (Wildman–Crippen LogP) is -14.5. The summed E-state index contributed by atoms with van der Waals surface area (Å²) in [5.41, 5.74) is -1.89. The number of allylic oxidation sites excluding steroid dienone is 2. The van der Waals surface area contributed by atoms with E-state index >= 15 is 0 Å². The predicted molar refractivity (Wildman–Crippen MR) is 250 cm³/mol. The SMILES string of the molecule is COc1ccc(N/N=C2/C(=O)c3ccc(Nc4nc(N5CCOCC5)[nH]c(=Nc5cc(S(=O)(=O)[O-])cc6c5C(=O)/C(=N\Nc5ccccc5S(=O)(=O)[O-])C(S(=O)(=O)[O-])=C6)n4)cc3C=C2S(=O)(=O)[O-])c(S(=O)(=O)[O-])c1.[Na+].[Na+].[Na+].[Na+].[Na+]. The first-order chi connectivity index (χ1) is 34.6. The third kappa shape index (κ3) is 16.6. The van der Waals surface area contributed by atoms with E-state index in [4.69, 9.17) is 9.47 Å². The Labute approximate surface area is 559 Å². The van der Waals surface area contributed by atoms with Crippen LogP contribution in [0.25, 0.3) is 12.2 Å². The molecule has 1 fully saturated rings. The third-order valence-corrected chi connectivity index (χ3v) is 14.9. The molecule has 5 aromatic rings. The summed E-state index contributed by atoms with van der Waals surface area (Å²) in [7, 11) is -25.9. The van der Waals surface area contributed by atoms with Crippen molar-refractivity contribution in [3.05, 3.63) is 110 Å². The number of benzene rings is 4. The molecule has 2 heterocycles. The molecule has 0 amide bonds. The first-order valence-electron chi connectivity index (χ1n) is 20.3. The number of hydrogen-bond acceptors (Lipinski definition) is 28. The van der Waals surface area contributed by atoms with Gasteiger partial charge in [0.05, 0.1) is 67.4 Å². The van der Waals surface area contributed by atoms with Crippen LogP contribution < -0.4 is 179 Å². The molecule has 79 heavy (non-hydrogen) atoms. The normalized spacial score (nSPS) is 15.8. The van der Waals surface area contributed by atoms with E-state index in [-0.39, 0.29) is 209 Å². The quantitative estimate of drug-likeness (QED) is 0.0456. The van der Waals surface area contributed by atoms with Gasteiger partial charge in [-0.2, -0.15) is 20.2 Å². The molecule has 4 aromatic carbocycles. The molecular weight excluding hydrogens is 1200 g/mol. The van der Waals surface area contributed by atoms with Gasteiger partial charge in [0.1, 0.15) is 67.8 Å². The van der Waals surface area contributed by atoms with Gasteiger partial charge in [-0.3, -0.25) is 25.4 Å². The van der Waals surface area contributed by atoms with Gasteiger partial charge in [-0.05, 0) is 83.9 Å². The Bertz CT molecular complexity index is 4070. The number of ketones is 2. The van der Waals surface area contributed by atoms with Gasteiger partial charge in [-0.25, -0.2) is 47.1 Å². The van der Waals surface area contributed by atoms with Gasteiger partial charge in [-0.1, -0.05) is 12.1 Å². The zero-order chi connectivity index (χ0) is 53.7. The van der Waals surface area contributed by atoms with Gasteiger partial charge in [0.2, 0.25) is 29.1 Å². The van der Waals surface area contributed by atoms with Gasteiger partial charge in [0, 0.05) is 24.3 Å². The maximum atomic E-state index is 14.3. The van der Waals surface area contributed by atoms with E-state index in [0.29, 0.717) is 18.2 Å². The molecule has 8 rings (SSSR count). The number of nitrogens with zero attached hydrogens (tertiary/aromatic N) is 6. The number of aromatic nitrogens is 3. The molecule has 0 radical (unpaired) electrons. The second-order valence-corrected chi connectivity index (χ2v) is 22.1. The molecule has 0 bridgehead atoms. The Hall–Kier alpha value is -2.64. The van der Waals surface area contributed by atoms with Gasteiger partial charge < -0.3 is 42.5 Å². The van der Waals surface area contributed by atoms with Gasteiger partial charge in [-0.15, -0.1) is 0 Å². The first kappa shape index (κ1) is 70.6. The summed E-state index contributed by atoms with van der Waals surface area (Å²) in [6, 6.07) is 12.2. The molecule has 1 aliphatic heterocycles. The molecular formula is C40H29N10Na5O19S5. The fourth-order valence-electron chi connectivity index (χ4n) is 7.26. The summed E-state index contributed by atoms with van der Waals surface area (Å²) >= 11 is 0. The number of carbonyl (C=O) groups is 2. The molecule has 3 aliphatic rings. The second kappa shape index (κ2) is 27.8. The van der Waals surface area contributed by atoms with Gasteiger partial charge in [0.15, 0.2) is 0 Å². The number of aromatic amines is 1. The van der Waals surface area contributed by atoms with Gasteiger partial charge >= 0.3 is 148 Å². The summed E-state index contributed by atoms with van der Waals surface area (Å²) in [6.07, 6.45) is 1.30. The van der Waals surface area contributed by atoms with E-state index < -0.39 is 132 Å². The average Bonchev–Trinajstić information content (AvgIpc) is 3.32. The maximum Gasteiger partial charge on any atom is 1.00 e. The minimum atomic E-state index is -5.69. The fourth-order valence-corrected chi connectivity index (χ4v) is 10.4. The topological polar surface area (TPSA) is 457 Å². The zero-order valence-electron chi connectivity index (χ0n) is 41.9. The number of para-hydroxylation sites is 1. The molecule has 0 atom stereocenters. The fraction of sp³-hybridized carbons (Fsp3) is 0.125. The van der Waals surface area contributed by atoms with Crippen molar-refractivity contribution in [1.29, 1.82) is 0 Å². The van der Waals surface area contributed by atoms with Crippen molar-refractivity contribution >= 4 is 120 Å². The minimum Gasteiger partial charge on any atom is -0.744 e. The van der Waals surface area contributed by atoms with Crippen molar-refractivity contribution in [3.8, 4) is 5.75 Å². The molecule has 29 nitrogen and oxygen atoms in total. The summed E-state index contributed by atoms with van der Waals surface area (Å²) in [6.45, 7) is 0.781. The molecule has 0 unspecified atom stereocenters. The maximum absolute atomic E-state index is 14.3. The van der Waals surface area contributed by atoms with Gasteiger partial charge in [0.25, 0.3) is 0 Å². The minimum absolute atomic E-state index is 0. The summed E-state index contributed by atoms with van der Waals surface area (Å²) in [5.74, 6) is -3.00. The van der Waals surface area contributed by atoms with Crippen LogP contribution in [0.3, 0.4) is 0 Å². The standard InChI is InChI=1S/C40H34N10O19S5.5Na/c1-68-23-7-9-27(30(18-23)72(59,60)61)47-48-34-31(73(62,63)64)16-20-14-22(6-8-25(20)36(34)51)41-38-43-39(45-40(44-38)50-10-12-69-13-11-50)42-28-19-24(70(53,54)55)15-21-17-32(74(65,66)67)35(37(52)33(21)28)49-46-26-4-2-3-5-29(26)71(56,57)58;;;;;/h2-9,14-19,46-47H,10-13H2,1H3,(H,53,54,55)(H,56,57,58)(H,59,60,61)(H,62,63,64)(H,65,66,67)(H2,41,42,43,44,45);;;;;/q;5*+1/p-5/b48-34+,49-35-;;;;;. The number of Topliss-reactive ketones (excluding diaryl/α,β-unsaturated/α-hetero) is 2. The van der Waals surface area contributed by atoms with Crippen LogP contribution in [-0.2, 0) is 55.3 Å². The Balaban J connectivity index is 0.00000328. The number of carbonyl (C=O) groups excluding carboxylic acids is 2. The molecule has 2 aliphatic carbocycles. The number of nitrogens with one attached hydrogen (secondary N) is 4. The molecule has 4 N–H and O–H groups in total. The van der Waals surface area contributed by atoms with E-state index in [2.05, 4.69) is 46.3 Å². The molecule has 0 spiro atoms. The first-order valence-corrected chi connectivity index (χ1v) is 27.4. The van der Waals surface area contributed by atoms with E-state index in [9.17, 15) is 74.4 Å². The van der Waals surface area contributed by atoms with E-state index in [1.54, 1.807) is 4.90 Å². The Morgan fingerprint density at radius 3 is 1.77 bits per heavy atom. The molecule has 1 aromatic heterocycles. The van der Waals surface area contributed by atoms with Crippen molar-refractivity contribution in [2.45, 2.75) is 14.7 Å². The second-order valence-electron chi connectivity index (χ2n) is 15.3. The Morgan fingerprint density at radius 2 is 1.20 bits per heavy atom. The number of hydrazone groups is 2. The number of H-pyrrole nitrogens is 1. The van der Waals surface area contributed by atoms with Crippen LogP contribution in [0.2, 0.25) is 0 Å². The van der Waals surface area contributed by atoms with E-state index in [0.717, 1.165) is 30.3 Å². The average molecular weight is 1230 g/mol. The van der Waals surface area contributed by atoms with Crippen LogP contribution in [0.15, 0.2) is 112 Å². The number of ether oxygens (including phenoxy) is 2. The van der Waals surface area contributed by atoms with E-state index in [1.807, 2.05) is 0 Å². The van der Waals surface area contributed by atoms with Crippen molar-refractivity contribution in [2.24, 2.45) is 15.2 Å². The smallest absolute Gasteiger partial charge is 0.744 e. The Kier molecular flexibility index (Phi) is 24.9. The largest absolute Gasteiger partial charge is 1.00 e. The third-order valence-electron chi connectivity index (χ3n) is 10.6. The van der Waals surface area contributed by atoms with Crippen molar-refractivity contribution in [3.63, 3.8) is 0 Å². The van der Waals surface area contributed by atoms with Crippen LogP contribution in [0.1, 0.15) is 31.8 Å². The van der Waals surface area contributed by atoms with E-state index in [1.165, 1.54) is 43.5 Å². The molecule has 1 saturated heterocycles. The summed E-state index contributed by atoms with van der Waals surface area (Å²) in [5, 5.41) is 10.2. The van der Waals surface area contributed by atoms with Crippen molar-refractivity contribution in [2.75, 3.05) is 54.5 Å².